The van der Waals surface area contributed by atoms with Crippen molar-refractivity contribution in [2.45, 2.75) is 32.9 Å². The number of nitrogens with one attached hydrogen (secondary N) is 1. The Morgan fingerprint density at radius 3 is 2.61 bits per heavy atom. The molecular weight excluding hydrogens is 292 g/mol. The molecule has 0 aliphatic rings. The molecule has 0 fully saturated rings. The number of benzene rings is 1. The van der Waals surface area contributed by atoms with Gasteiger partial charge in [0.05, 0.1) is 5.69 Å². The number of amides is 1. The molecule has 1 amide bonds. The van der Waals surface area contributed by atoms with E-state index < -0.39 is 11.6 Å². The van der Waals surface area contributed by atoms with Crippen LogP contribution in [0.3, 0.4) is 0 Å². The smallest absolute Gasteiger partial charge is 0.303 e. The number of esters is 1. The molecular formula is C18H20N2O3. The second-order valence-electron chi connectivity index (χ2n) is 5.70. The van der Waals surface area contributed by atoms with E-state index in [0.29, 0.717) is 6.54 Å². The third kappa shape index (κ3) is 4.64. The molecule has 2 rings (SSSR count). The minimum Gasteiger partial charge on any atom is -0.450 e. The lowest BCUT2D eigenvalue weighted by Gasteiger charge is -2.23. The van der Waals surface area contributed by atoms with Gasteiger partial charge in [0, 0.05) is 25.2 Å². The van der Waals surface area contributed by atoms with Crippen LogP contribution < -0.4 is 5.32 Å². The summed E-state index contributed by atoms with van der Waals surface area (Å²) in [5, 5.41) is 2.79. The Bertz CT molecular complexity index is 696. The van der Waals surface area contributed by atoms with Crippen LogP contribution in [0.25, 0.3) is 11.3 Å². The largest absolute Gasteiger partial charge is 0.450 e. The predicted molar refractivity (Wildman–Crippen MR) is 87.4 cm³/mol. The highest BCUT2D eigenvalue weighted by atomic mass is 16.6. The molecule has 0 aliphatic carbocycles. The Morgan fingerprint density at radius 1 is 1.17 bits per heavy atom. The zero-order valence-electron chi connectivity index (χ0n) is 13.5. The summed E-state index contributed by atoms with van der Waals surface area (Å²) in [6.07, 6.45) is 1.74. The molecule has 120 valence electrons. The van der Waals surface area contributed by atoms with Crippen molar-refractivity contribution >= 4 is 11.9 Å². The van der Waals surface area contributed by atoms with Crippen molar-refractivity contribution < 1.29 is 14.3 Å². The molecule has 0 bridgehead atoms. The van der Waals surface area contributed by atoms with Crippen LogP contribution in [0.15, 0.2) is 48.7 Å². The van der Waals surface area contributed by atoms with Gasteiger partial charge < -0.3 is 10.1 Å². The van der Waals surface area contributed by atoms with Crippen LogP contribution in [0.2, 0.25) is 0 Å². The Labute approximate surface area is 135 Å². The van der Waals surface area contributed by atoms with Crippen molar-refractivity contribution in [2.24, 2.45) is 0 Å². The van der Waals surface area contributed by atoms with Crippen LogP contribution in [-0.4, -0.2) is 22.5 Å². The van der Waals surface area contributed by atoms with E-state index in [9.17, 15) is 9.59 Å². The number of aromatic nitrogens is 1. The summed E-state index contributed by atoms with van der Waals surface area (Å²) in [6, 6.07) is 13.5. The van der Waals surface area contributed by atoms with Crippen molar-refractivity contribution in [3.8, 4) is 11.3 Å². The second kappa shape index (κ2) is 7.05. The molecule has 0 radical (unpaired) electrons. The van der Waals surface area contributed by atoms with Crippen molar-refractivity contribution in [3.63, 3.8) is 0 Å². The maximum Gasteiger partial charge on any atom is 0.303 e. The van der Waals surface area contributed by atoms with Crippen molar-refractivity contribution in [1.82, 2.24) is 10.3 Å². The van der Waals surface area contributed by atoms with Gasteiger partial charge in [-0.2, -0.15) is 0 Å². The van der Waals surface area contributed by atoms with Gasteiger partial charge in [-0.3, -0.25) is 14.6 Å². The lowest BCUT2D eigenvalue weighted by atomic mass is 10.1. The van der Waals surface area contributed by atoms with Crippen LogP contribution >= 0.6 is 0 Å². The quantitative estimate of drug-likeness (QED) is 0.862. The van der Waals surface area contributed by atoms with Gasteiger partial charge in [-0.25, -0.2) is 0 Å². The molecule has 2 aromatic rings. The van der Waals surface area contributed by atoms with Crippen LogP contribution in [-0.2, 0) is 20.9 Å². The van der Waals surface area contributed by atoms with Gasteiger partial charge in [0.15, 0.2) is 5.60 Å². The number of nitrogens with zero attached hydrogens (tertiary/aromatic N) is 1. The van der Waals surface area contributed by atoms with Gasteiger partial charge in [0.1, 0.15) is 0 Å². The van der Waals surface area contributed by atoms with Gasteiger partial charge in [0.2, 0.25) is 0 Å². The summed E-state index contributed by atoms with van der Waals surface area (Å²) >= 11 is 0. The first-order valence-corrected chi connectivity index (χ1v) is 7.37. The average Bonchev–Trinajstić information content (AvgIpc) is 2.52. The van der Waals surface area contributed by atoms with Gasteiger partial charge in [-0.15, -0.1) is 0 Å². The zero-order chi connectivity index (χ0) is 16.9. The molecule has 1 heterocycles. The number of pyridine rings is 1. The number of ether oxygens (including phenoxy) is 1. The van der Waals surface area contributed by atoms with Crippen molar-refractivity contribution in [3.05, 3.63) is 54.2 Å². The Hall–Kier alpha value is -2.69. The number of carbonyl (C=O) groups is 2. The number of hydrogen-bond acceptors (Lipinski definition) is 4. The first-order valence-electron chi connectivity index (χ1n) is 7.37. The first kappa shape index (κ1) is 16.7. The van der Waals surface area contributed by atoms with E-state index in [-0.39, 0.29) is 5.91 Å². The molecule has 0 atom stereocenters. The summed E-state index contributed by atoms with van der Waals surface area (Å²) in [5.41, 5.74) is 1.61. The molecule has 0 saturated carbocycles. The zero-order valence-corrected chi connectivity index (χ0v) is 13.5. The summed E-state index contributed by atoms with van der Waals surface area (Å²) in [4.78, 5) is 27.5. The lowest BCUT2D eigenvalue weighted by Crippen LogP contribution is -2.44. The maximum atomic E-state index is 12.1. The van der Waals surface area contributed by atoms with E-state index in [2.05, 4.69) is 10.3 Å². The van der Waals surface area contributed by atoms with E-state index in [4.69, 9.17) is 4.74 Å². The van der Waals surface area contributed by atoms with Gasteiger partial charge in [0.25, 0.3) is 5.91 Å². The lowest BCUT2D eigenvalue weighted by molar-refractivity contribution is -0.163. The molecule has 5 nitrogen and oxygen atoms in total. The fraction of sp³-hybridized carbons (Fsp3) is 0.278. The average molecular weight is 312 g/mol. The highest BCUT2D eigenvalue weighted by Gasteiger charge is 2.30. The Morgan fingerprint density at radius 2 is 1.96 bits per heavy atom. The minimum atomic E-state index is -1.19. The van der Waals surface area contributed by atoms with Crippen molar-refractivity contribution in [1.29, 1.82) is 0 Å². The molecule has 0 saturated heterocycles. The molecule has 5 heteroatoms. The van der Waals surface area contributed by atoms with Crippen LogP contribution in [0.4, 0.5) is 0 Å². The SMILES string of the molecule is CC(=O)OC(C)(C)C(=O)NCc1cccc(-c2ccccn2)c1. The first-order chi connectivity index (χ1) is 10.9. The summed E-state index contributed by atoms with van der Waals surface area (Å²) < 4.78 is 5.02. The van der Waals surface area contributed by atoms with E-state index in [1.807, 2.05) is 42.5 Å². The molecule has 1 N–H and O–H groups in total. The number of carbonyl (C=O) groups excluding carboxylic acids is 2. The number of hydrogen-bond donors (Lipinski definition) is 1. The van der Waals surface area contributed by atoms with E-state index in [1.165, 1.54) is 6.92 Å². The fourth-order valence-electron chi connectivity index (χ4n) is 2.18. The van der Waals surface area contributed by atoms with Crippen LogP contribution in [0.5, 0.6) is 0 Å². The maximum absolute atomic E-state index is 12.1. The van der Waals surface area contributed by atoms with Gasteiger partial charge >= 0.3 is 5.97 Å². The molecule has 1 aromatic carbocycles. The Kier molecular flexibility index (Phi) is 5.11. The fourth-order valence-corrected chi connectivity index (χ4v) is 2.18. The molecule has 1 aromatic heterocycles. The van der Waals surface area contributed by atoms with Gasteiger partial charge in [-0.1, -0.05) is 24.3 Å². The summed E-state index contributed by atoms with van der Waals surface area (Å²) in [6.45, 7) is 4.76. The topological polar surface area (TPSA) is 68.3 Å². The highest BCUT2D eigenvalue weighted by Crippen LogP contribution is 2.18. The summed E-state index contributed by atoms with van der Waals surface area (Å²) in [5.74, 6) is -0.821. The number of rotatable bonds is 5. The predicted octanol–water partition coefficient (Wildman–Crippen LogP) is 2.71. The Balaban J connectivity index is 2.04. The standard InChI is InChI=1S/C18H20N2O3/c1-13(21)23-18(2,3)17(22)20-12-14-7-6-8-15(11-14)16-9-4-5-10-19-16/h4-11H,12H2,1-3H3,(H,20,22). The van der Waals surface area contributed by atoms with Gasteiger partial charge in [-0.05, 0) is 37.6 Å². The van der Waals surface area contributed by atoms with Crippen LogP contribution in [0.1, 0.15) is 26.3 Å². The molecule has 0 unspecified atom stereocenters. The van der Waals surface area contributed by atoms with Crippen molar-refractivity contribution in [2.75, 3.05) is 0 Å². The normalized spacial score (nSPS) is 10.9. The van der Waals surface area contributed by atoms with Crippen LogP contribution in [0, 0.1) is 0 Å². The molecule has 23 heavy (non-hydrogen) atoms. The van der Waals surface area contributed by atoms with E-state index in [0.717, 1.165) is 16.8 Å². The third-order valence-corrected chi connectivity index (χ3v) is 3.29. The second-order valence-corrected chi connectivity index (χ2v) is 5.70. The monoisotopic (exact) mass is 312 g/mol. The summed E-state index contributed by atoms with van der Waals surface area (Å²) in [7, 11) is 0. The highest BCUT2D eigenvalue weighted by molar-refractivity contribution is 5.86. The molecule has 0 spiro atoms. The van der Waals surface area contributed by atoms with E-state index in [1.54, 1.807) is 20.0 Å². The van der Waals surface area contributed by atoms with E-state index >= 15 is 0 Å². The third-order valence-electron chi connectivity index (χ3n) is 3.29. The molecule has 0 aliphatic heterocycles. The minimum absolute atomic E-state index is 0.337.